The number of rotatable bonds is 8. The van der Waals surface area contributed by atoms with Gasteiger partial charge in [0.05, 0.1) is 18.3 Å². The number of aromatic amines is 1. The van der Waals surface area contributed by atoms with Gasteiger partial charge in [-0.25, -0.2) is 9.18 Å². The lowest BCUT2D eigenvalue weighted by Crippen LogP contribution is -2.37. The van der Waals surface area contributed by atoms with Crippen molar-refractivity contribution in [3.8, 4) is 28.4 Å². The number of halogens is 4. The van der Waals surface area contributed by atoms with Crippen LogP contribution in [0.4, 0.5) is 23.2 Å². The lowest BCUT2D eigenvalue weighted by atomic mass is 10.0. The molecule has 0 atom stereocenters. The molecular weight excluding hydrogens is 536 g/mol. The van der Waals surface area contributed by atoms with Gasteiger partial charge in [0, 0.05) is 35.8 Å². The van der Waals surface area contributed by atoms with E-state index in [1.54, 1.807) is 12.1 Å². The first kappa shape index (κ1) is 26.1. The summed E-state index contributed by atoms with van der Waals surface area (Å²) in [5.74, 6) is -0.825. The maximum Gasteiger partial charge on any atom is 0.573 e. The van der Waals surface area contributed by atoms with Crippen molar-refractivity contribution in [3.63, 3.8) is 0 Å². The summed E-state index contributed by atoms with van der Waals surface area (Å²) in [6, 6.07) is 10.5. The Bertz CT molecular complexity index is 1550. The zero-order valence-electron chi connectivity index (χ0n) is 21.0. The van der Waals surface area contributed by atoms with Crippen molar-refractivity contribution in [2.75, 3.05) is 18.0 Å². The van der Waals surface area contributed by atoms with Crippen LogP contribution in [0.3, 0.4) is 0 Å². The molecule has 9 nitrogen and oxygen atoms in total. The number of piperidine rings is 1. The van der Waals surface area contributed by atoms with Crippen molar-refractivity contribution in [2.45, 2.75) is 50.7 Å². The van der Waals surface area contributed by atoms with Gasteiger partial charge in [0.2, 0.25) is 0 Å². The van der Waals surface area contributed by atoms with Gasteiger partial charge in [0.25, 0.3) is 0 Å². The lowest BCUT2D eigenvalue weighted by Gasteiger charge is -2.33. The summed E-state index contributed by atoms with van der Waals surface area (Å²) in [5, 5.41) is 7.64. The number of benzene rings is 2. The number of para-hydroxylation sites is 1. The average Bonchev–Trinajstić information content (AvgIpc) is 3.54. The fourth-order valence-electron chi connectivity index (χ4n) is 4.94. The number of ether oxygens (including phenoxy) is 2. The van der Waals surface area contributed by atoms with Crippen LogP contribution in [-0.4, -0.2) is 40.9 Å². The third-order valence-electron chi connectivity index (χ3n) is 7.05. The van der Waals surface area contributed by atoms with Crippen molar-refractivity contribution in [3.05, 3.63) is 70.2 Å². The number of hydrogen-bond acceptors (Lipinski definition) is 8. The molecule has 1 saturated carbocycles. The van der Waals surface area contributed by atoms with E-state index in [0.29, 0.717) is 42.9 Å². The van der Waals surface area contributed by atoms with E-state index in [2.05, 4.69) is 24.6 Å². The van der Waals surface area contributed by atoms with E-state index >= 15 is 0 Å². The van der Waals surface area contributed by atoms with E-state index in [-0.39, 0.29) is 47.0 Å². The second-order valence-electron chi connectivity index (χ2n) is 9.80. The number of H-pyrrole nitrogens is 1. The molecule has 1 aliphatic carbocycles. The predicted molar refractivity (Wildman–Crippen MR) is 133 cm³/mol. The molecule has 2 aromatic carbocycles. The topological polar surface area (TPSA) is 107 Å². The number of aromatic nitrogens is 3. The van der Waals surface area contributed by atoms with Crippen LogP contribution < -0.4 is 15.4 Å². The van der Waals surface area contributed by atoms with Gasteiger partial charge in [0.1, 0.15) is 23.0 Å². The minimum absolute atomic E-state index is 0.0208. The Hall–Kier alpha value is -4.13. The van der Waals surface area contributed by atoms with E-state index in [9.17, 15) is 22.4 Å². The zero-order valence-corrected chi connectivity index (χ0v) is 21.0. The largest absolute Gasteiger partial charge is 0.573 e. The molecule has 13 heteroatoms. The van der Waals surface area contributed by atoms with Gasteiger partial charge in [-0.2, -0.15) is 0 Å². The van der Waals surface area contributed by atoms with Crippen LogP contribution >= 0.6 is 0 Å². The van der Waals surface area contributed by atoms with Gasteiger partial charge in [-0.15, -0.1) is 13.2 Å². The standard InChI is InChI=1S/C27H24F4N4O5/c28-21-13-16(7-8-18(21)25-32-26(36)40-34-25)35-11-9-17(10-12-35)37-14-20-23(33-39-24(20)15-5-6-15)19-3-1-2-4-22(19)38-27(29,30)31/h1-4,7-8,13,15,17H,5-6,9-12,14H2,(H,32,34,36). The Morgan fingerprint density at radius 1 is 1.00 bits per heavy atom. The van der Waals surface area contributed by atoms with E-state index < -0.39 is 17.9 Å². The monoisotopic (exact) mass is 560 g/mol. The first-order valence-electron chi connectivity index (χ1n) is 12.8. The molecule has 3 heterocycles. The Kier molecular flexibility index (Phi) is 6.82. The molecule has 40 heavy (non-hydrogen) atoms. The summed E-state index contributed by atoms with van der Waals surface area (Å²) in [6.45, 7) is 1.35. The first-order chi connectivity index (χ1) is 19.2. The quantitative estimate of drug-likeness (QED) is 0.270. The molecular formula is C27H24F4N4O5. The third-order valence-corrected chi connectivity index (χ3v) is 7.05. The van der Waals surface area contributed by atoms with Crippen LogP contribution in [-0.2, 0) is 11.3 Å². The van der Waals surface area contributed by atoms with Gasteiger partial charge in [0.15, 0.2) is 5.82 Å². The third kappa shape index (κ3) is 5.60. The van der Waals surface area contributed by atoms with E-state index in [4.69, 9.17) is 9.26 Å². The van der Waals surface area contributed by atoms with Crippen molar-refractivity contribution >= 4 is 5.69 Å². The minimum atomic E-state index is -4.85. The molecule has 2 aliphatic rings. The highest BCUT2D eigenvalue weighted by molar-refractivity contribution is 5.70. The van der Waals surface area contributed by atoms with Crippen LogP contribution in [0.15, 0.2) is 56.3 Å². The average molecular weight is 561 g/mol. The van der Waals surface area contributed by atoms with Gasteiger partial charge in [-0.05, 0) is 56.0 Å². The summed E-state index contributed by atoms with van der Waals surface area (Å²) < 4.78 is 74.3. The second kappa shape index (κ2) is 10.5. The fraction of sp³-hybridized carbons (Fsp3) is 0.370. The molecule has 0 spiro atoms. The van der Waals surface area contributed by atoms with E-state index in [1.165, 1.54) is 30.3 Å². The normalized spacial score (nSPS) is 16.4. The molecule has 0 bridgehead atoms. The summed E-state index contributed by atoms with van der Waals surface area (Å²) in [6.07, 6.45) is -1.80. The number of nitrogens with zero attached hydrogens (tertiary/aromatic N) is 3. The highest BCUT2D eigenvalue weighted by Gasteiger charge is 2.36. The SMILES string of the molecule is O=c1[nH]c(-c2ccc(N3CCC(OCc4c(-c5ccccc5OC(F)(F)F)noc4C4CC4)CC3)cc2F)no1. The van der Waals surface area contributed by atoms with E-state index in [1.807, 2.05) is 4.90 Å². The van der Waals surface area contributed by atoms with Crippen LogP contribution in [0.5, 0.6) is 5.75 Å². The smallest absolute Gasteiger partial charge is 0.405 e. The maximum absolute atomic E-state index is 14.7. The summed E-state index contributed by atoms with van der Waals surface area (Å²) >= 11 is 0. The molecule has 4 aromatic rings. The predicted octanol–water partition coefficient (Wildman–Crippen LogP) is 5.79. The Balaban J connectivity index is 1.13. The molecule has 1 aliphatic heterocycles. The number of hydrogen-bond donors (Lipinski definition) is 1. The van der Waals surface area contributed by atoms with Gasteiger partial charge in [-0.3, -0.25) is 9.51 Å². The van der Waals surface area contributed by atoms with Gasteiger partial charge in [-0.1, -0.05) is 22.4 Å². The molecule has 0 unspecified atom stereocenters. The van der Waals surface area contributed by atoms with Crippen LogP contribution in [0.1, 0.15) is 42.9 Å². The zero-order chi connectivity index (χ0) is 27.9. The number of nitrogens with one attached hydrogen (secondary N) is 1. The number of alkyl halides is 3. The first-order valence-corrected chi connectivity index (χ1v) is 12.8. The Morgan fingerprint density at radius 3 is 2.45 bits per heavy atom. The van der Waals surface area contributed by atoms with E-state index in [0.717, 1.165) is 12.8 Å². The second-order valence-corrected chi connectivity index (χ2v) is 9.80. The Morgan fingerprint density at radius 2 is 1.77 bits per heavy atom. The minimum Gasteiger partial charge on any atom is -0.405 e. The van der Waals surface area contributed by atoms with Crippen molar-refractivity contribution in [1.29, 1.82) is 0 Å². The van der Waals surface area contributed by atoms with Crippen molar-refractivity contribution in [2.24, 2.45) is 0 Å². The summed E-state index contributed by atoms with van der Waals surface area (Å²) in [4.78, 5) is 15.5. The molecule has 0 amide bonds. The molecule has 210 valence electrons. The fourth-order valence-corrected chi connectivity index (χ4v) is 4.94. The summed E-state index contributed by atoms with van der Waals surface area (Å²) in [5.41, 5.74) is 1.91. The van der Waals surface area contributed by atoms with Gasteiger partial charge < -0.3 is 18.9 Å². The molecule has 2 aromatic heterocycles. The van der Waals surface area contributed by atoms with Crippen molar-refractivity contribution in [1.82, 2.24) is 15.3 Å². The van der Waals surface area contributed by atoms with Crippen LogP contribution in [0.2, 0.25) is 0 Å². The molecule has 2 fully saturated rings. The number of anilines is 1. The molecule has 0 radical (unpaired) electrons. The summed E-state index contributed by atoms with van der Waals surface area (Å²) in [7, 11) is 0. The molecule has 1 N–H and O–H groups in total. The molecule has 1 saturated heterocycles. The van der Waals surface area contributed by atoms with Crippen molar-refractivity contribution < 1.29 is 36.1 Å². The Labute approximate surface area is 224 Å². The van der Waals surface area contributed by atoms with Crippen LogP contribution in [0, 0.1) is 5.82 Å². The van der Waals surface area contributed by atoms with Crippen LogP contribution in [0.25, 0.3) is 22.6 Å². The maximum atomic E-state index is 14.7. The highest BCUT2D eigenvalue weighted by atomic mass is 19.4. The van der Waals surface area contributed by atoms with Gasteiger partial charge >= 0.3 is 12.1 Å². The molecule has 6 rings (SSSR count). The lowest BCUT2D eigenvalue weighted by molar-refractivity contribution is -0.274. The highest BCUT2D eigenvalue weighted by Crippen LogP contribution is 2.45.